The Balaban J connectivity index is 1.81. The molecule has 0 heterocycles. The van der Waals surface area contributed by atoms with E-state index in [1.54, 1.807) is 0 Å². The molecule has 0 atom stereocenters. The van der Waals surface area contributed by atoms with Gasteiger partial charge in [0.1, 0.15) is 0 Å². The number of carbonyl (C=O) groups is 2. The Morgan fingerprint density at radius 2 is 1.72 bits per heavy atom. The van der Waals surface area contributed by atoms with Gasteiger partial charge in [0.15, 0.2) is 0 Å². The molecule has 0 saturated heterocycles. The number of nitrogens with zero attached hydrogens (tertiary/aromatic N) is 2. The molecule has 0 bridgehead atoms. The number of benzene rings is 1. The van der Waals surface area contributed by atoms with E-state index < -0.39 is 0 Å². The molecule has 2 fully saturated rings. The SMILES string of the molecule is CCC(CC)C(=O)N(Cc1cc(NC(=O)C2CCCC2)ccc1N(C)C)C1CC1. The van der Waals surface area contributed by atoms with Crippen molar-refractivity contribution < 1.29 is 9.59 Å². The molecule has 0 radical (unpaired) electrons. The second-order valence-corrected chi connectivity index (χ2v) is 8.92. The molecule has 1 aromatic carbocycles. The van der Waals surface area contributed by atoms with Crippen molar-refractivity contribution in [3.05, 3.63) is 23.8 Å². The maximum absolute atomic E-state index is 13.2. The summed E-state index contributed by atoms with van der Waals surface area (Å²) in [5.74, 6) is 0.663. The quantitative estimate of drug-likeness (QED) is 0.648. The molecule has 0 spiro atoms. The highest BCUT2D eigenvalue weighted by atomic mass is 16.2. The number of anilines is 2. The highest BCUT2D eigenvalue weighted by Gasteiger charge is 2.35. The third-order valence-corrected chi connectivity index (χ3v) is 6.50. The van der Waals surface area contributed by atoms with Crippen LogP contribution in [0.4, 0.5) is 11.4 Å². The molecule has 2 saturated carbocycles. The van der Waals surface area contributed by atoms with E-state index in [0.717, 1.165) is 68.3 Å². The summed E-state index contributed by atoms with van der Waals surface area (Å²) >= 11 is 0. The summed E-state index contributed by atoms with van der Waals surface area (Å²) in [4.78, 5) is 29.9. The van der Waals surface area contributed by atoms with Crippen LogP contribution in [-0.4, -0.2) is 36.9 Å². The van der Waals surface area contributed by atoms with Crippen LogP contribution in [0.5, 0.6) is 0 Å². The fraction of sp³-hybridized carbons (Fsp3) is 0.667. The topological polar surface area (TPSA) is 52.7 Å². The molecule has 0 unspecified atom stereocenters. The van der Waals surface area contributed by atoms with E-state index in [-0.39, 0.29) is 23.7 Å². The smallest absolute Gasteiger partial charge is 0.227 e. The molecule has 160 valence electrons. The van der Waals surface area contributed by atoms with Crippen molar-refractivity contribution in [3.8, 4) is 0 Å². The van der Waals surface area contributed by atoms with Gasteiger partial charge in [-0.2, -0.15) is 0 Å². The van der Waals surface area contributed by atoms with Gasteiger partial charge in [0.05, 0.1) is 0 Å². The second-order valence-electron chi connectivity index (χ2n) is 8.92. The molecule has 0 aromatic heterocycles. The van der Waals surface area contributed by atoms with Crippen molar-refractivity contribution >= 4 is 23.2 Å². The monoisotopic (exact) mass is 399 g/mol. The number of amides is 2. The predicted molar refractivity (Wildman–Crippen MR) is 119 cm³/mol. The van der Waals surface area contributed by atoms with Crippen molar-refractivity contribution in [2.75, 3.05) is 24.3 Å². The maximum Gasteiger partial charge on any atom is 0.227 e. The minimum Gasteiger partial charge on any atom is -0.377 e. The zero-order chi connectivity index (χ0) is 21.0. The van der Waals surface area contributed by atoms with Gasteiger partial charge in [-0.15, -0.1) is 0 Å². The third kappa shape index (κ3) is 5.31. The molecule has 5 nitrogen and oxygen atoms in total. The molecule has 5 heteroatoms. The fourth-order valence-corrected chi connectivity index (χ4v) is 4.49. The number of hydrogen-bond donors (Lipinski definition) is 1. The van der Waals surface area contributed by atoms with Crippen LogP contribution in [0.1, 0.15) is 70.8 Å². The molecule has 1 aromatic rings. The molecule has 1 N–H and O–H groups in total. The van der Waals surface area contributed by atoms with Gasteiger partial charge in [-0.25, -0.2) is 0 Å². The lowest BCUT2D eigenvalue weighted by Crippen LogP contribution is -2.37. The summed E-state index contributed by atoms with van der Waals surface area (Å²) in [5.41, 5.74) is 3.05. The van der Waals surface area contributed by atoms with E-state index in [2.05, 4.69) is 41.1 Å². The van der Waals surface area contributed by atoms with E-state index in [4.69, 9.17) is 0 Å². The first-order chi connectivity index (χ1) is 13.9. The molecule has 2 aliphatic carbocycles. The average Bonchev–Trinajstić information content (AvgIpc) is 3.38. The third-order valence-electron chi connectivity index (χ3n) is 6.50. The van der Waals surface area contributed by atoms with Crippen molar-refractivity contribution in [3.63, 3.8) is 0 Å². The highest BCUT2D eigenvalue weighted by Crippen LogP contribution is 2.34. The van der Waals surface area contributed by atoms with E-state index in [9.17, 15) is 9.59 Å². The highest BCUT2D eigenvalue weighted by molar-refractivity contribution is 5.93. The Kier molecular flexibility index (Phi) is 7.20. The normalized spacial score (nSPS) is 16.9. The number of carbonyl (C=O) groups excluding carboxylic acids is 2. The standard InChI is InChI=1S/C24H37N3O2/c1-5-17(6-2)24(29)27(21-12-13-21)16-19-15-20(11-14-22(19)26(3)4)25-23(28)18-9-7-8-10-18/h11,14-15,17-18,21H,5-10,12-13,16H2,1-4H3,(H,25,28). The molecule has 2 aliphatic rings. The fourth-order valence-electron chi connectivity index (χ4n) is 4.49. The van der Waals surface area contributed by atoms with Crippen LogP contribution in [-0.2, 0) is 16.1 Å². The van der Waals surface area contributed by atoms with Crippen molar-refractivity contribution in [2.45, 2.75) is 77.8 Å². The van der Waals surface area contributed by atoms with Gasteiger partial charge in [-0.3, -0.25) is 9.59 Å². The van der Waals surface area contributed by atoms with Crippen LogP contribution in [0, 0.1) is 11.8 Å². The summed E-state index contributed by atoms with van der Waals surface area (Å²) in [5, 5.41) is 3.12. The van der Waals surface area contributed by atoms with Gasteiger partial charge in [0.25, 0.3) is 0 Å². The second kappa shape index (κ2) is 9.64. The molecule has 2 amide bonds. The van der Waals surface area contributed by atoms with Crippen LogP contribution >= 0.6 is 0 Å². The first-order valence-electron chi connectivity index (χ1n) is 11.4. The summed E-state index contributed by atoms with van der Waals surface area (Å²) in [6.07, 6.45) is 8.26. The molecular weight excluding hydrogens is 362 g/mol. The minimum absolute atomic E-state index is 0.101. The summed E-state index contributed by atoms with van der Waals surface area (Å²) in [7, 11) is 4.06. The van der Waals surface area contributed by atoms with Gasteiger partial charge in [-0.1, -0.05) is 26.7 Å². The van der Waals surface area contributed by atoms with Gasteiger partial charge < -0.3 is 15.1 Å². The van der Waals surface area contributed by atoms with Gasteiger partial charge in [0.2, 0.25) is 11.8 Å². The lowest BCUT2D eigenvalue weighted by molar-refractivity contribution is -0.137. The predicted octanol–water partition coefficient (Wildman–Crippen LogP) is 4.81. The van der Waals surface area contributed by atoms with Gasteiger partial charge >= 0.3 is 0 Å². The Morgan fingerprint density at radius 1 is 1.07 bits per heavy atom. The van der Waals surface area contributed by atoms with E-state index in [1.165, 1.54) is 0 Å². The van der Waals surface area contributed by atoms with Crippen molar-refractivity contribution in [1.82, 2.24) is 4.90 Å². The van der Waals surface area contributed by atoms with E-state index in [1.807, 2.05) is 20.2 Å². The molecular formula is C24H37N3O2. The number of hydrogen-bond acceptors (Lipinski definition) is 3. The summed E-state index contributed by atoms with van der Waals surface area (Å²) < 4.78 is 0. The van der Waals surface area contributed by atoms with E-state index in [0.29, 0.717) is 12.6 Å². The Bertz CT molecular complexity index is 717. The van der Waals surface area contributed by atoms with Crippen molar-refractivity contribution in [2.24, 2.45) is 11.8 Å². The van der Waals surface area contributed by atoms with Gasteiger partial charge in [-0.05, 0) is 62.3 Å². The largest absolute Gasteiger partial charge is 0.377 e. The Labute approximate surface area is 175 Å². The Hall–Kier alpha value is -2.04. The lowest BCUT2D eigenvalue weighted by atomic mass is 10.0. The number of nitrogens with one attached hydrogen (secondary N) is 1. The van der Waals surface area contributed by atoms with Crippen LogP contribution in [0.2, 0.25) is 0 Å². The van der Waals surface area contributed by atoms with Crippen LogP contribution in [0.3, 0.4) is 0 Å². The molecule has 3 rings (SSSR count). The summed E-state index contributed by atoms with van der Waals surface area (Å²) in [6.45, 7) is 4.81. The van der Waals surface area contributed by atoms with Gasteiger partial charge in [0, 0.05) is 49.9 Å². The zero-order valence-electron chi connectivity index (χ0n) is 18.5. The minimum atomic E-state index is 0.101. The molecule has 29 heavy (non-hydrogen) atoms. The zero-order valence-corrected chi connectivity index (χ0v) is 18.5. The average molecular weight is 400 g/mol. The summed E-state index contributed by atoms with van der Waals surface area (Å²) in [6, 6.07) is 6.48. The number of rotatable bonds is 9. The van der Waals surface area contributed by atoms with Crippen molar-refractivity contribution in [1.29, 1.82) is 0 Å². The Morgan fingerprint density at radius 3 is 2.28 bits per heavy atom. The molecule has 0 aliphatic heterocycles. The maximum atomic E-state index is 13.2. The van der Waals surface area contributed by atoms with Crippen LogP contribution in [0.25, 0.3) is 0 Å². The van der Waals surface area contributed by atoms with E-state index >= 15 is 0 Å². The lowest BCUT2D eigenvalue weighted by Gasteiger charge is -2.29. The van der Waals surface area contributed by atoms with Crippen LogP contribution < -0.4 is 10.2 Å². The van der Waals surface area contributed by atoms with Crippen LogP contribution in [0.15, 0.2) is 18.2 Å². The first-order valence-corrected chi connectivity index (χ1v) is 11.4. The first kappa shape index (κ1) is 21.7.